The monoisotopic (exact) mass is 288 g/mol. The molecule has 1 aromatic carbocycles. The second kappa shape index (κ2) is 4.21. The Hall–Kier alpha value is -0.0500. The molecule has 0 saturated carbocycles. The number of fused-ring (bicyclic) bond motifs is 1. The van der Waals surface area contributed by atoms with Crippen LogP contribution in [0.1, 0.15) is 18.1 Å². The normalized spacial score (nSPS) is 11.1. The summed E-state index contributed by atoms with van der Waals surface area (Å²) in [6.07, 6.45) is 0.992. The summed E-state index contributed by atoms with van der Waals surface area (Å²) < 4.78 is 1.28. The van der Waals surface area contributed by atoms with Crippen molar-refractivity contribution in [1.29, 1.82) is 0 Å². The fourth-order valence-corrected chi connectivity index (χ4v) is 3.64. The van der Waals surface area contributed by atoms with Crippen LogP contribution >= 0.6 is 38.9 Å². The highest BCUT2D eigenvalue weighted by Gasteiger charge is 2.10. The smallest absolute Gasteiger partial charge is 0.0455 e. The van der Waals surface area contributed by atoms with Gasteiger partial charge in [0, 0.05) is 15.1 Å². The highest BCUT2D eigenvalue weighted by molar-refractivity contribution is 9.08. The van der Waals surface area contributed by atoms with Crippen molar-refractivity contribution in [2.24, 2.45) is 0 Å². The van der Waals surface area contributed by atoms with Crippen LogP contribution in [0.3, 0.4) is 0 Å². The standard InChI is InChI=1S/C11H10BrClS/c1-2-7-9(6-12)8-3-4-14-11(8)5-10(7)13/h3-5H,2,6H2,1H3. The molecule has 0 aliphatic carbocycles. The van der Waals surface area contributed by atoms with Gasteiger partial charge in [-0.15, -0.1) is 11.3 Å². The van der Waals surface area contributed by atoms with E-state index < -0.39 is 0 Å². The molecule has 0 amide bonds. The number of rotatable bonds is 2. The molecule has 0 aliphatic rings. The lowest BCUT2D eigenvalue weighted by Gasteiger charge is -2.08. The summed E-state index contributed by atoms with van der Waals surface area (Å²) in [5, 5.41) is 5.24. The van der Waals surface area contributed by atoms with Crippen molar-refractivity contribution in [3.8, 4) is 0 Å². The van der Waals surface area contributed by atoms with Crippen LogP contribution in [0.4, 0.5) is 0 Å². The summed E-state index contributed by atoms with van der Waals surface area (Å²) in [5.41, 5.74) is 2.62. The van der Waals surface area contributed by atoms with E-state index in [0.717, 1.165) is 16.8 Å². The molecule has 2 rings (SSSR count). The second-order valence-electron chi connectivity index (χ2n) is 3.14. The number of hydrogen-bond acceptors (Lipinski definition) is 1. The lowest BCUT2D eigenvalue weighted by atomic mass is 10.0. The average Bonchev–Trinajstić information content (AvgIpc) is 2.62. The van der Waals surface area contributed by atoms with Crippen LogP contribution in [-0.4, -0.2) is 0 Å². The van der Waals surface area contributed by atoms with Gasteiger partial charge in [-0.05, 0) is 40.4 Å². The number of thiophene rings is 1. The Morgan fingerprint density at radius 3 is 2.86 bits per heavy atom. The Labute approximate surface area is 101 Å². The third-order valence-electron chi connectivity index (χ3n) is 2.42. The van der Waals surface area contributed by atoms with Crippen molar-refractivity contribution in [2.75, 3.05) is 0 Å². The molecule has 0 atom stereocenters. The predicted octanol–water partition coefficient (Wildman–Crippen LogP) is 5.01. The molecule has 0 aliphatic heterocycles. The van der Waals surface area contributed by atoms with E-state index in [-0.39, 0.29) is 0 Å². The van der Waals surface area contributed by atoms with Gasteiger partial charge in [0.1, 0.15) is 0 Å². The van der Waals surface area contributed by atoms with Gasteiger partial charge in [0.05, 0.1) is 0 Å². The number of halogens is 2. The Kier molecular flexibility index (Phi) is 3.15. The molecule has 14 heavy (non-hydrogen) atoms. The Balaban J connectivity index is 2.82. The van der Waals surface area contributed by atoms with E-state index in [1.54, 1.807) is 11.3 Å². The molecular formula is C11H10BrClS. The largest absolute Gasteiger partial charge is 0.144 e. The molecule has 0 N–H and O–H groups in total. The molecule has 0 spiro atoms. The third kappa shape index (κ3) is 1.60. The summed E-state index contributed by atoms with van der Waals surface area (Å²) in [6.45, 7) is 2.14. The Morgan fingerprint density at radius 2 is 2.21 bits per heavy atom. The van der Waals surface area contributed by atoms with Gasteiger partial charge in [-0.2, -0.15) is 0 Å². The van der Waals surface area contributed by atoms with E-state index in [9.17, 15) is 0 Å². The van der Waals surface area contributed by atoms with E-state index in [1.165, 1.54) is 21.2 Å². The summed E-state index contributed by atoms with van der Waals surface area (Å²) in [6, 6.07) is 4.25. The Bertz CT molecular complexity index is 462. The topological polar surface area (TPSA) is 0 Å². The van der Waals surface area contributed by atoms with Crippen LogP contribution in [-0.2, 0) is 11.8 Å². The molecule has 0 bridgehead atoms. The summed E-state index contributed by atoms with van der Waals surface area (Å²) >= 11 is 11.5. The van der Waals surface area contributed by atoms with Crippen LogP contribution in [0.15, 0.2) is 17.5 Å². The second-order valence-corrected chi connectivity index (χ2v) is 5.05. The van der Waals surface area contributed by atoms with Crippen molar-refractivity contribution in [2.45, 2.75) is 18.7 Å². The minimum Gasteiger partial charge on any atom is -0.144 e. The maximum atomic E-state index is 6.23. The van der Waals surface area contributed by atoms with Crippen molar-refractivity contribution >= 4 is 49.0 Å². The van der Waals surface area contributed by atoms with Gasteiger partial charge in [-0.1, -0.05) is 34.5 Å². The van der Waals surface area contributed by atoms with Crippen LogP contribution in [0.2, 0.25) is 5.02 Å². The van der Waals surface area contributed by atoms with Crippen molar-refractivity contribution in [3.05, 3.63) is 33.7 Å². The lowest BCUT2D eigenvalue weighted by molar-refractivity contribution is 1.12. The van der Waals surface area contributed by atoms with E-state index in [4.69, 9.17) is 11.6 Å². The van der Waals surface area contributed by atoms with Crippen molar-refractivity contribution < 1.29 is 0 Å². The maximum Gasteiger partial charge on any atom is 0.0455 e. The van der Waals surface area contributed by atoms with Crippen molar-refractivity contribution in [1.82, 2.24) is 0 Å². The molecule has 2 aromatic rings. The Morgan fingerprint density at radius 1 is 1.43 bits per heavy atom. The summed E-state index contributed by atoms with van der Waals surface area (Å²) in [5.74, 6) is 0. The van der Waals surface area contributed by atoms with E-state index in [2.05, 4.69) is 40.4 Å². The number of alkyl halides is 1. The van der Waals surface area contributed by atoms with E-state index in [1.807, 2.05) is 0 Å². The lowest BCUT2D eigenvalue weighted by Crippen LogP contribution is -1.91. The van der Waals surface area contributed by atoms with Gasteiger partial charge in [-0.3, -0.25) is 0 Å². The summed E-state index contributed by atoms with van der Waals surface area (Å²) in [4.78, 5) is 0. The molecule has 0 unspecified atom stereocenters. The van der Waals surface area contributed by atoms with E-state index in [0.29, 0.717) is 0 Å². The SMILES string of the molecule is CCc1c(Cl)cc2sccc2c1CBr. The molecule has 3 heteroatoms. The van der Waals surface area contributed by atoms with Crippen LogP contribution < -0.4 is 0 Å². The first-order valence-corrected chi connectivity index (χ1v) is 6.89. The fourth-order valence-electron chi connectivity index (χ4n) is 1.73. The highest BCUT2D eigenvalue weighted by Crippen LogP contribution is 2.33. The van der Waals surface area contributed by atoms with Gasteiger partial charge < -0.3 is 0 Å². The zero-order valence-electron chi connectivity index (χ0n) is 7.81. The van der Waals surface area contributed by atoms with Crippen LogP contribution in [0.5, 0.6) is 0 Å². The molecular weight excluding hydrogens is 280 g/mol. The first-order chi connectivity index (χ1) is 6.77. The minimum absolute atomic E-state index is 0.879. The molecule has 74 valence electrons. The fraction of sp³-hybridized carbons (Fsp3) is 0.273. The van der Waals surface area contributed by atoms with Gasteiger partial charge in [0.15, 0.2) is 0 Å². The zero-order valence-corrected chi connectivity index (χ0v) is 11.0. The quantitative estimate of drug-likeness (QED) is 0.682. The molecule has 0 radical (unpaired) electrons. The number of hydrogen-bond donors (Lipinski definition) is 0. The predicted molar refractivity (Wildman–Crippen MR) is 68.8 cm³/mol. The van der Waals surface area contributed by atoms with Crippen LogP contribution in [0.25, 0.3) is 10.1 Å². The molecule has 0 nitrogen and oxygen atoms in total. The first kappa shape index (κ1) is 10.5. The van der Waals surface area contributed by atoms with Crippen molar-refractivity contribution in [3.63, 3.8) is 0 Å². The minimum atomic E-state index is 0.879. The maximum absolute atomic E-state index is 6.23. The van der Waals surface area contributed by atoms with Gasteiger partial charge in [-0.25, -0.2) is 0 Å². The van der Waals surface area contributed by atoms with Gasteiger partial charge >= 0.3 is 0 Å². The summed E-state index contributed by atoms with van der Waals surface area (Å²) in [7, 11) is 0. The molecule has 1 heterocycles. The zero-order chi connectivity index (χ0) is 10.1. The first-order valence-electron chi connectivity index (χ1n) is 4.51. The molecule has 1 aromatic heterocycles. The highest BCUT2D eigenvalue weighted by atomic mass is 79.9. The number of benzene rings is 1. The van der Waals surface area contributed by atoms with Gasteiger partial charge in [0.2, 0.25) is 0 Å². The average molecular weight is 290 g/mol. The van der Waals surface area contributed by atoms with Gasteiger partial charge in [0.25, 0.3) is 0 Å². The van der Waals surface area contributed by atoms with E-state index >= 15 is 0 Å². The third-order valence-corrected chi connectivity index (χ3v) is 4.18. The molecule has 0 fully saturated rings. The molecule has 0 saturated heterocycles. The van der Waals surface area contributed by atoms with Crippen LogP contribution in [0, 0.1) is 0 Å².